The van der Waals surface area contributed by atoms with Gasteiger partial charge in [-0.1, -0.05) is 29.3 Å². The average molecular weight is 370 g/mol. The van der Waals surface area contributed by atoms with Crippen LogP contribution in [0, 0.1) is 27.2 Å². The Labute approximate surface area is 145 Å². The van der Waals surface area contributed by atoms with Crippen LogP contribution in [-0.2, 0) is 0 Å². The highest BCUT2D eigenvalue weighted by atomic mass is 35.5. The van der Waals surface area contributed by atoms with Crippen LogP contribution in [0.25, 0.3) is 0 Å². The van der Waals surface area contributed by atoms with Crippen molar-refractivity contribution in [3.63, 3.8) is 0 Å². The number of benzene rings is 2. The van der Waals surface area contributed by atoms with Gasteiger partial charge in [0.05, 0.1) is 37.2 Å². The van der Waals surface area contributed by atoms with Crippen LogP contribution >= 0.6 is 23.2 Å². The number of hydrogen-bond acceptors (Lipinski definition) is 5. The molecule has 0 aromatic heterocycles. The average Bonchev–Trinajstić information content (AvgIpc) is 2.51. The Morgan fingerprint density at radius 2 is 1.79 bits per heavy atom. The second-order valence-electron chi connectivity index (χ2n) is 4.71. The topological polar surface area (TPSA) is 115 Å². The summed E-state index contributed by atoms with van der Waals surface area (Å²) in [6, 6.07) is 6.32. The van der Waals surface area contributed by atoms with E-state index in [9.17, 15) is 25.0 Å². The molecule has 1 amide bonds. The summed E-state index contributed by atoms with van der Waals surface area (Å²) < 4.78 is 0. The van der Waals surface area contributed by atoms with E-state index >= 15 is 0 Å². The van der Waals surface area contributed by atoms with Gasteiger partial charge in [-0.15, -0.1) is 0 Å². The number of hydrogen-bond donors (Lipinski definition) is 1. The molecule has 0 aliphatic heterocycles. The zero-order valence-electron chi connectivity index (χ0n) is 12.1. The summed E-state index contributed by atoms with van der Waals surface area (Å²) in [4.78, 5) is 32.8. The fraction of sp³-hybridized carbons (Fsp3) is 0.0714. The summed E-state index contributed by atoms with van der Waals surface area (Å²) in [7, 11) is 0. The van der Waals surface area contributed by atoms with Crippen LogP contribution in [-0.4, -0.2) is 15.8 Å². The number of rotatable bonds is 4. The number of nitrogens with zero attached hydrogens (tertiary/aromatic N) is 2. The molecule has 8 nitrogen and oxygen atoms in total. The fourth-order valence-corrected chi connectivity index (χ4v) is 2.35. The van der Waals surface area contributed by atoms with Crippen LogP contribution in [0.2, 0.25) is 10.0 Å². The number of amides is 1. The molecule has 1 N–H and O–H groups in total. The first-order valence-corrected chi connectivity index (χ1v) is 7.16. The number of nitro benzene ring substituents is 2. The Morgan fingerprint density at radius 1 is 1.12 bits per heavy atom. The van der Waals surface area contributed by atoms with E-state index in [1.807, 2.05) is 0 Å². The van der Waals surface area contributed by atoms with Crippen molar-refractivity contribution < 1.29 is 14.6 Å². The minimum atomic E-state index is -0.810. The van der Waals surface area contributed by atoms with Crippen molar-refractivity contribution in [1.82, 2.24) is 0 Å². The second-order valence-corrected chi connectivity index (χ2v) is 5.49. The first-order valence-electron chi connectivity index (χ1n) is 6.41. The van der Waals surface area contributed by atoms with Gasteiger partial charge in [-0.05, 0) is 19.1 Å². The van der Waals surface area contributed by atoms with E-state index in [4.69, 9.17) is 23.2 Å². The van der Waals surface area contributed by atoms with Crippen molar-refractivity contribution in [3.8, 4) is 0 Å². The molecule has 0 radical (unpaired) electrons. The Hall–Kier alpha value is -2.71. The van der Waals surface area contributed by atoms with E-state index in [1.54, 1.807) is 6.07 Å². The summed E-state index contributed by atoms with van der Waals surface area (Å²) in [5, 5.41) is 24.7. The second kappa shape index (κ2) is 6.81. The van der Waals surface area contributed by atoms with Gasteiger partial charge in [-0.3, -0.25) is 25.0 Å². The summed E-state index contributed by atoms with van der Waals surface area (Å²) in [6.45, 7) is 1.33. The van der Waals surface area contributed by atoms with Crippen molar-refractivity contribution in [3.05, 3.63) is 71.7 Å². The molecule has 0 unspecified atom stereocenters. The van der Waals surface area contributed by atoms with E-state index in [-0.39, 0.29) is 26.9 Å². The number of nitro groups is 2. The highest BCUT2D eigenvalue weighted by Gasteiger charge is 2.25. The van der Waals surface area contributed by atoms with Crippen molar-refractivity contribution in [1.29, 1.82) is 0 Å². The largest absolute Gasteiger partial charge is 0.321 e. The molecular weight excluding hydrogens is 361 g/mol. The minimum Gasteiger partial charge on any atom is -0.321 e. The summed E-state index contributed by atoms with van der Waals surface area (Å²) >= 11 is 11.8. The van der Waals surface area contributed by atoms with Crippen LogP contribution in [0.15, 0.2) is 30.3 Å². The van der Waals surface area contributed by atoms with Gasteiger partial charge in [0.15, 0.2) is 0 Å². The van der Waals surface area contributed by atoms with E-state index in [2.05, 4.69) is 5.32 Å². The third-order valence-electron chi connectivity index (χ3n) is 3.22. The van der Waals surface area contributed by atoms with Crippen molar-refractivity contribution in [2.75, 3.05) is 5.32 Å². The first-order chi connectivity index (χ1) is 11.2. The molecule has 2 aromatic carbocycles. The van der Waals surface area contributed by atoms with Gasteiger partial charge in [0.1, 0.15) is 0 Å². The quantitative estimate of drug-likeness (QED) is 0.634. The lowest BCUT2D eigenvalue weighted by molar-refractivity contribution is -0.394. The SMILES string of the molecule is Cc1c(C(=O)Nc2cccc(Cl)c2Cl)cc([N+](=O)[O-])cc1[N+](=O)[O-]. The number of non-ortho nitro benzene ring substituents is 1. The zero-order valence-corrected chi connectivity index (χ0v) is 13.6. The predicted molar refractivity (Wildman–Crippen MR) is 88.9 cm³/mol. The maximum atomic E-state index is 12.4. The van der Waals surface area contributed by atoms with E-state index in [0.29, 0.717) is 0 Å². The molecule has 0 fully saturated rings. The van der Waals surface area contributed by atoms with Gasteiger partial charge in [-0.25, -0.2) is 0 Å². The van der Waals surface area contributed by atoms with Crippen LogP contribution in [0.3, 0.4) is 0 Å². The maximum absolute atomic E-state index is 12.4. The van der Waals surface area contributed by atoms with E-state index in [1.165, 1.54) is 19.1 Å². The number of nitrogens with one attached hydrogen (secondary N) is 1. The lowest BCUT2D eigenvalue weighted by Gasteiger charge is -2.10. The molecule has 2 rings (SSSR count). The monoisotopic (exact) mass is 369 g/mol. The Kier molecular flexibility index (Phi) is 5.01. The molecule has 0 saturated heterocycles. The van der Waals surface area contributed by atoms with Gasteiger partial charge in [-0.2, -0.15) is 0 Å². The smallest absolute Gasteiger partial charge is 0.279 e. The van der Waals surface area contributed by atoms with Crippen LogP contribution in [0.4, 0.5) is 17.1 Å². The molecule has 0 spiro atoms. The van der Waals surface area contributed by atoms with E-state index in [0.717, 1.165) is 12.1 Å². The Morgan fingerprint density at radius 3 is 2.38 bits per heavy atom. The predicted octanol–water partition coefficient (Wildman–Crippen LogP) is 4.37. The molecule has 0 aliphatic rings. The van der Waals surface area contributed by atoms with Gasteiger partial charge >= 0.3 is 0 Å². The zero-order chi connectivity index (χ0) is 18.0. The van der Waals surface area contributed by atoms with Crippen molar-refractivity contribution in [2.24, 2.45) is 0 Å². The Balaban J connectivity index is 2.50. The molecular formula is C14H9Cl2N3O5. The number of carbonyl (C=O) groups is 1. The molecule has 2 aromatic rings. The molecule has 24 heavy (non-hydrogen) atoms. The fourth-order valence-electron chi connectivity index (χ4n) is 2.00. The number of halogens is 2. The maximum Gasteiger partial charge on any atom is 0.279 e. The van der Waals surface area contributed by atoms with E-state index < -0.39 is 27.1 Å². The standard InChI is InChI=1S/C14H9Cl2N3O5/c1-7-9(5-8(18(21)22)6-12(7)19(23)24)14(20)17-11-4-2-3-10(15)13(11)16/h2-6H,1H3,(H,17,20). The van der Waals surface area contributed by atoms with Crippen LogP contribution in [0.1, 0.15) is 15.9 Å². The molecule has 0 atom stereocenters. The molecule has 0 saturated carbocycles. The highest BCUT2D eigenvalue weighted by molar-refractivity contribution is 6.44. The first kappa shape index (κ1) is 17.6. The summed E-state index contributed by atoms with van der Waals surface area (Å²) in [5.74, 6) is -0.775. The van der Waals surface area contributed by atoms with Gasteiger partial charge in [0.25, 0.3) is 17.3 Å². The molecule has 0 heterocycles. The van der Waals surface area contributed by atoms with Crippen molar-refractivity contribution in [2.45, 2.75) is 6.92 Å². The van der Waals surface area contributed by atoms with Crippen LogP contribution in [0.5, 0.6) is 0 Å². The lowest BCUT2D eigenvalue weighted by atomic mass is 10.0. The molecule has 10 heteroatoms. The van der Waals surface area contributed by atoms with Crippen LogP contribution < -0.4 is 5.32 Å². The number of anilines is 1. The third kappa shape index (κ3) is 3.44. The number of carbonyl (C=O) groups excluding carboxylic acids is 1. The Bertz CT molecular complexity index is 870. The minimum absolute atomic E-state index is 0.00116. The third-order valence-corrected chi connectivity index (χ3v) is 4.04. The molecule has 124 valence electrons. The van der Waals surface area contributed by atoms with Crippen molar-refractivity contribution >= 4 is 46.2 Å². The highest BCUT2D eigenvalue weighted by Crippen LogP contribution is 2.32. The summed E-state index contributed by atoms with van der Waals surface area (Å²) in [6.07, 6.45) is 0. The molecule has 0 aliphatic carbocycles. The summed E-state index contributed by atoms with van der Waals surface area (Å²) in [5.41, 5.74) is -1.10. The van der Waals surface area contributed by atoms with Gasteiger partial charge in [0.2, 0.25) is 0 Å². The lowest BCUT2D eigenvalue weighted by Crippen LogP contribution is -2.15. The molecule has 0 bridgehead atoms. The van der Waals surface area contributed by atoms with Gasteiger partial charge < -0.3 is 5.32 Å². The van der Waals surface area contributed by atoms with Gasteiger partial charge in [0, 0.05) is 11.6 Å². The normalized spacial score (nSPS) is 10.3.